The molecule has 180 valence electrons. The van der Waals surface area contributed by atoms with Crippen molar-refractivity contribution in [2.75, 3.05) is 26.3 Å². The SMILES string of the molecule is Cc1ccc(CN2CCC(/C=C3\SC(=O)N=C3N[C@@H]3COCC[C@H]3O)CC2)c(C(F)(F)F)c1. The smallest absolute Gasteiger partial charge is 0.391 e. The fourth-order valence-corrected chi connectivity index (χ4v) is 5.18. The van der Waals surface area contributed by atoms with Crippen LogP contribution < -0.4 is 5.32 Å². The molecule has 1 aromatic carbocycles. The molecule has 10 heteroatoms. The molecule has 33 heavy (non-hydrogen) atoms. The number of alkyl halides is 3. The molecule has 3 aliphatic rings. The first kappa shape index (κ1) is 24.3. The number of thioether (sulfide) groups is 1. The molecule has 4 rings (SSSR count). The largest absolute Gasteiger partial charge is 0.416 e. The summed E-state index contributed by atoms with van der Waals surface area (Å²) in [7, 11) is 0. The Kier molecular flexibility index (Phi) is 7.47. The molecular formula is C23H28F3N3O3S. The lowest BCUT2D eigenvalue weighted by molar-refractivity contribution is -0.138. The molecule has 2 fully saturated rings. The average Bonchev–Trinajstić information content (AvgIpc) is 3.10. The molecule has 2 atom stereocenters. The van der Waals surface area contributed by atoms with Gasteiger partial charge in [0.15, 0.2) is 0 Å². The standard InChI is InChI=1S/C23H28F3N3O3S/c1-14-2-3-16(17(10-14)23(24,25)26)12-29-7-4-15(5-8-29)11-20-21(28-22(31)33-20)27-18-13-32-9-6-19(18)30/h2-3,10-11,15,18-19,30H,4-9,12-13H2,1H3,(H,27,28,31)/b20-11-/t18-,19-/m1/s1. The number of aryl methyl sites for hydroxylation is 1. The highest BCUT2D eigenvalue weighted by atomic mass is 32.2. The third-order valence-corrected chi connectivity index (χ3v) is 7.07. The van der Waals surface area contributed by atoms with Crippen molar-refractivity contribution in [3.63, 3.8) is 0 Å². The number of rotatable bonds is 4. The third-order valence-electron chi connectivity index (χ3n) is 6.26. The van der Waals surface area contributed by atoms with Crippen LogP contribution in [0.15, 0.2) is 34.2 Å². The quantitative estimate of drug-likeness (QED) is 0.672. The number of aliphatic imine (C=N–C) groups is 1. The van der Waals surface area contributed by atoms with Crippen LogP contribution in [0.2, 0.25) is 0 Å². The molecule has 1 amide bonds. The van der Waals surface area contributed by atoms with Crippen LogP contribution in [0.25, 0.3) is 0 Å². The van der Waals surface area contributed by atoms with Gasteiger partial charge in [-0.3, -0.25) is 9.69 Å². The number of allylic oxidation sites excluding steroid dienone is 1. The first-order valence-electron chi connectivity index (χ1n) is 11.1. The van der Waals surface area contributed by atoms with Gasteiger partial charge in [0.25, 0.3) is 0 Å². The van der Waals surface area contributed by atoms with E-state index in [0.717, 1.165) is 29.5 Å². The lowest BCUT2D eigenvalue weighted by Crippen LogP contribution is -2.49. The van der Waals surface area contributed by atoms with Gasteiger partial charge in [-0.05, 0) is 68.6 Å². The van der Waals surface area contributed by atoms with Crippen LogP contribution in [0.3, 0.4) is 0 Å². The van der Waals surface area contributed by atoms with Crippen LogP contribution in [0.1, 0.15) is 36.0 Å². The Labute approximate surface area is 195 Å². The minimum atomic E-state index is -4.37. The van der Waals surface area contributed by atoms with E-state index in [4.69, 9.17) is 4.74 Å². The summed E-state index contributed by atoms with van der Waals surface area (Å²) < 4.78 is 45.7. The van der Waals surface area contributed by atoms with E-state index in [9.17, 15) is 23.1 Å². The molecule has 3 aliphatic heterocycles. The summed E-state index contributed by atoms with van der Waals surface area (Å²) in [6.45, 7) is 4.13. The fourth-order valence-electron chi connectivity index (χ4n) is 4.39. The van der Waals surface area contributed by atoms with Crippen LogP contribution in [-0.2, 0) is 17.5 Å². The second-order valence-corrected chi connectivity index (χ2v) is 9.81. The topological polar surface area (TPSA) is 74.2 Å². The maximum absolute atomic E-state index is 13.4. The average molecular weight is 484 g/mol. The summed E-state index contributed by atoms with van der Waals surface area (Å²) >= 11 is 1.06. The Bertz CT molecular complexity index is 943. The molecule has 0 spiro atoms. The van der Waals surface area contributed by atoms with Gasteiger partial charge in [0.2, 0.25) is 0 Å². The van der Waals surface area contributed by atoms with Crippen LogP contribution in [-0.4, -0.2) is 59.5 Å². The van der Waals surface area contributed by atoms with E-state index < -0.39 is 17.8 Å². The molecule has 0 saturated carbocycles. The van der Waals surface area contributed by atoms with E-state index in [1.54, 1.807) is 19.1 Å². The zero-order valence-electron chi connectivity index (χ0n) is 18.4. The highest BCUT2D eigenvalue weighted by Gasteiger charge is 2.34. The maximum Gasteiger partial charge on any atom is 0.416 e. The van der Waals surface area contributed by atoms with Crippen LogP contribution in [0.5, 0.6) is 0 Å². The number of halogens is 3. The van der Waals surface area contributed by atoms with Gasteiger partial charge in [-0.15, -0.1) is 0 Å². The number of ether oxygens (including phenoxy) is 1. The number of likely N-dealkylation sites (tertiary alicyclic amines) is 1. The van der Waals surface area contributed by atoms with Crippen molar-refractivity contribution < 1.29 is 27.8 Å². The second-order valence-electron chi connectivity index (χ2n) is 8.81. The number of aliphatic hydroxyl groups excluding tert-OH is 1. The number of hydrogen-bond donors (Lipinski definition) is 2. The van der Waals surface area contributed by atoms with Crippen molar-refractivity contribution in [2.45, 2.75) is 51.1 Å². The summed E-state index contributed by atoms with van der Waals surface area (Å²) in [5.74, 6) is 0.672. The van der Waals surface area contributed by atoms with E-state index in [1.807, 2.05) is 11.0 Å². The lowest BCUT2D eigenvalue weighted by atomic mass is 9.95. The van der Waals surface area contributed by atoms with Gasteiger partial charge >= 0.3 is 11.4 Å². The molecule has 0 radical (unpaired) electrons. The molecule has 0 aromatic heterocycles. The number of nitrogens with zero attached hydrogens (tertiary/aromatic N) is 2. The third kappa shape index (κ3) is 6.17. The van der Waals surface area contributed by atoms with Crippen LogP contribution >= 0.6 is 11.8 Å². The molecule has 0 aliphatic carbocycles. The number of amides is 1. The van der Waals surface area contributed by atoms with Gasteiger partial charge in [0, 0.05) is 13.2 Å². The predicted octanol–water partition coefficient (Wildman–Crippen LogP) is 4.11. The van der Waals surface area contributed by atoms with Crippen molar-refractivity contribution in [1.82, 2.24) is 10.2 Å². The van der Waals surface area contributed by atoms with E-state index in [1.165, 1.54) is 6.07 Å². The van der Waals surface area contributed by atoms with Gasteiger partial charge in [-0.1, -0.05) is 23.8 Å². The van der Waals surface area contributed by atoms with E-state index >= 15 is 0 Å². The first-order valence-corrected chi connectivity index (χ1v) is 11.9. The molecule has 2 saturated heterocycles. The predicted molar refractivity (Wildman–Crippen MR) is 121 cm³/mol. The molecule has 6 nitrogen and oxygen atoms in total. The van der Waals surface area contributed by atoms with E-state index in [0.29, 0.717) is 49.7 Å². The Hall–Kier alpha value is -1.88. The van der Waals surface area contributed by atoms with Gasteiger partial charge in [0.1, 0.15) is 5.84 Å². The summed E-state index contributed by atoms with van der Waals surface area (Å²) in [5, 5.41) is 13.0. The Balaban J connectivity index is 1.36. The number of piperidine rings is 1. The molecular weight excluding hydrogens is 455 g/mol. The number of carbonyl (C=O) groups is 1. The first-order chi connectivity index (χ1) is 15.7. The highest BCUT2D eigenvalue weighted by Crippen LogP contribution is 2.35. The van der Waals surface area contributed by atoms with Gasteiger partial charge in [0.05, 0.1) is 29.2 Å². The second kappa shape index (κ2) is 10.2. The van der Waals surface area contributed by atoms with Gasteiger partial charge < -0.3 is 15.2 Å². The highest BCUT2D eigenvalue weighted by molar-refractivity contribution is 8.18. The Morgan fingerprint density at radius 1 is 1.30 bits per heavy atom. The number of aliphatic hydroxyl groups is 1. The molecule has 2 N–H and O–H groups in total. The maximum atomic E-state index is 13.4. The number of hydrogen-bond acceptors (Lipinski definition) is 6. The number of benzene rings is 1. The number of nitrogens with one attached hydrogen (secondary N) is 1. The van der Waals surface area contributed by atoms with Gasteiger partial charge in [-0.25, -0.2) is 0 Å². The van der Waals surface area contributed by atoms with Crippen molar-refractivity contribution >= 4 is 22.8 Å². The molecule has 0 bridgehead atoms. The summed E-state index contributed by atoms with van der Waals surface area (Å²) in [6.07, 6.45) is -0.796. The number of amidine groups is 1. The minimum absolute atomic E-state index is 0.203. The fraction of sp³-hybridized carbons (Fsp3) is 0.565. The van der Waals surface area contributed by atoms with Crippen molar-refractivity contribution in [1.29, 1.82) is 0 Å². The minimum Gasteiger partial charge on any atom is -0.391 e. The Morgan fingerprint density at radius 3 is 2.76 bits per heavy atom. The monoisotopic (exact) mass is 483 g/mol. The van der Waals surface area contributed by atoms with E-state index in [-0.39, 0.29) is 23.7 Å². The lowest BCUT2D eigenvalue weighted by Gasteiger charge is -2.32. The molecule has 1 aromatic rings. The van der Waals surface area contributed by atoms with Crippen molar-refractivity contribution in [3.8, 4) is 0 Å². The van der Waals surface area contributed by atoms with Crippen LogP contribution in [0.4, 0.5) is 18.0 Å². The normalized spacial score (nSPS) is 26.6. The van der Waals surface area contributed by atoms with Crippen LogP contribution in [0, 0.1) is 12.8 Å². The molecule has 0 unspecified atom stereocenters. The van der Waals surface area contributed by atoms with E-state index in [2.05, 4.69) is 10.3 Å². The summed E-state index contributed by atoms with van der Waals surface area (Å²) in [5.41, 5.74) is 0.334. The summed E-state index contributed by atoms with van der Waals surface area (Å²) in [4.78, 5) is 18.8. The summed E-state index contributed by atoms with van der Waals surface area (Å²) in [6, 6.07) is 4.19. The van der Waals surface area contributed by atoms with Crippen molar-refractivity contribution in [2.24, 2.45) is 10.9 Å². The zero-order chi connectivity index (χ0) is 23.6. The number of carbonyl (C=O) groups excluding carboxylic acids is 1. The van der Waals surface area contributed by atoms with Crippen molar-refractivity contribution in [3.05, 3.63) is 45.9 Å². The Morgan fingerprint density at radius 2 is 2.06 bits per heavy atom. The van der Waals surface area contributed by atoms with Gasteiger partial charge in [-0.2, -0.15) is 18.2 Å². The molecule has 3 heterocycles. The zero-order valence-corrected chi connectivity index (χ0v) is 19.2.